The molecular weight excluding hydrogens is 248 g/mol. The Kier molecular flexibility index (Phi) is 3.30. The first-order valence-electron chi connectivity index (χ1n) is 7.15. The maximum absolute atomic E-state index is 5.85. The Balaban J connectivity index is 1.87. The molecule has 4 heteroatoms. The molecule has 4 nitrogen and oxygen atoms in total. The van der Waals surface area contributed by atoms with Gasteiger partial charge < -0.3 is 11.1 Å². The number of hydrogen-bond donors (Lipinski definition) is 2. The molecule has 3 N–H and O–H groups in total. The monoisotopic (exact) mass is 268 g/mol. The highest BCUT2D eigenvalue weighted by Gasteiger charge is 2.11. The van der Waals surface area contributed by atoms with Gasteiger partial charge in [0.2, 0.25) is 0 Å². The molecule has 1 heterocycles. The van der Waals surface area contributed by atoms with Gasteiger partial charge in [0.05, 0.1) is 0 Å². The standard InChI is InChI=1S/C16H20N4/c1-10(2)16-19-14(17)9-15(20-16)18-13-7-6-11-4-3-5-12(11)8-13/h6-10H,3-5H2,1-2H3,(H3,17,18,19,20). The van der Waals surface area contributed by atoms with Crippen molar-refractivity contribution >= 4 is 17.3 Å². The number of nitrogens with zero attached hydrogens (tertiary/aromatic N) is 2. The summed E-state index contributed by atoms with van der Waals surface area (Å²) in [7, 11) is 0. The van der Waals surface area contributed by atoms with Crippen LogP contribution in [0.2, 0.25) is 0 Å². The average Bonchev–Trinajstić information content (AvgIpc) is 2.85. The molecule has 0 amide bonds. The Morgan fingerprint density at radius 1 is 1.10 bits per heavy atom. The third kappa shape index (κ3) is 2.59. The van der Waals surface area contributed by atoms with Crippen molar-refractivity contribution in [2.45, 2.75) is 39.0 Å². The number of fused-ring (bicyclic) bond motifs is 1. The molecule has 0 saturated heterocycles. The quantitative estimate of drug-likeness (QED) is 0.895. The van der Waals surface area contributed by atoms with E-state index in [9.17, 15) is 0 Å². The van der Waals surface area contributed by atoms with Crippen LogP contribution in [0.1, 0.15) is 43.1 Å². The number of nitrogen functional groups attached to an aromatic ring is 1. The molecule has 1 aromatic heterocycles. The molecule has 0 spiro atoms. The van der Waals surface area contributed by atoms with Crippen molar-refractivity contribution in [2.24, 2.45) is 0 Å². The fourth-order valence-electron chi connectivity index (χ4n) is 2.61. The Hall–Kier alpha value is -2.10. The molecule has 2 aromatic rings. The summed E-state index contributed by atoms with van der Waals surface area (Å²) < 4.78 is 0. The zero-order chi connectivity index (χ0) is 14.1. The first-order valence-corrected chi connectivity index (χ1v) is 7.15. The first kappa shape index (κ1) is 12.9. The van der Waals surface area contributed by atoms with Crippen LogP contribution in [0.3, 0.4) is 0 Å². The minimum absolute atomic E-state index is 0.263. The predicted molar refractivity (Wildman–Crippen MR) is 82.3 cm³/mol. The summed E-state index contributed by atoms with van der Waals surface area (Å²) >= 11 is 0. The molecule has 0 radical (unpaired) electrons. The Morgan fingerprint density at radius 2 is 1.90 bits per heavy atom. The van der Waals surface area contributed by atoms with Crippen molar-refractivity contribution in [1.29, 1.82) is 0 Å². The van der Waals surface area contributed by atoms with Crippen LogP contribution in [-0.2, 0) is 12.8 Å². The second-order valence-electron chi connectivity index (χ2n) is 5.65. The van der Waals surface area contributed by atoms with Crippen LogP contribution in [0.5, 0.6) is 0 Å². The van der Waals surface area contributed by atoms with Crippen molar-refractivity contribution in [3.05, 3.63) is 41.2 Å². The Labute approximate surface area is 119 Å². The first-order chi connectivity index (χ1) is 9.61. The lowest BCUT2D eigenvalue weighted by Gasteiger charge is -2.11. The van der Waals surface area contributed by atoms with Gasteiger partial charge in [-0.2, -0.15) is 0 Å². The summed E-state index contributed by atoms with van der Waals surface area (Å²) in [6, 6.07) is 8.31. The number of aryl methyl sites for hydroxylation is 2. The molecule has 0 aliphatic heterocycles. The maximum atomic E-state index is 5.85. The lowest BCUT2D eigenvalue weighted by molar-refractivity contribution is 0.779. The fraction of sp³-hybridized carbons (Fsp3) is 0.375. The van der Waals surface area contributed by atoms with Gasteiger partial charge in [0.1, 0.15) is 17.5 Å². The van der Waals surface area contributed by atoms with Gasteiger partial charge >= 0.3 is 0 Å². The SMILES string of the molecule is CC(C)c1nc(N)cc(Nc2ccc3c(c2)CCC3)n1. The normalized spacial score (nSPS) is 13.6. The van der Waals surface area contributed by atoms with Gasteiger partial charge in [-0.05, 0) is 42.5 Å². The Bertz CT molecular complexity index is 634. The highest BCUT2D eigenvalue weighted by Crippen LogP contribution is 2.26. The molecule has 0 unspecified atom stereocenters. The number of benzene rings is 1. The van der Waals surface area contributed by atoms with Gasteiger partial charge in [-0.3, -0.25) is 0 Å². The number of nitrogens with two attached hydrogens (primary N) is 1. The van der Waals surface area contributed by atoms with E-state index in [1.165, 1.54) is 30.4 Å². The van der Waals surface area contributed by atoms with Crippen molar-refractivity contribution in [2.75, 3.05) is 11.1 Å². The minimum Gasteiger partial charge on any atom is -0.384 e. The third-order valence-electron chi connectivity index (χ3n) is 3.65. The molecule has 1 aromatic carbocycles. The minimum atomic E-state index is 0.263. The highest BCUT2D eigenvalue weighted by molar-refractivity contribution is 5.60. The predicted octanol–water partition coefficient (Wildman–Crippen LogP) is 3.41. The Morgan fingerprint density at radius 3 is 2.70 bits per heavy atom. The van der Waals surface area contributed by atoms with Crippen LogP contribution in [0.15, 0.2) is 24.3 Å². The lowest BCUT2D eigenvalue weighted by atomic mass is 10.1. The van der Waals surface area contributed by atoms with Gasteiger partial charge in [0.15, 0.2) is 0 Å². The van der Waals surface area contributed by atoms with E-state index in [1.54, 1.807) is 6.07 Å². The summed E-state index contributed by atoms with van der Waals surface area (Å²) in [4.78, 5) is 8.78. The van der Waals surface area contributed by atoms with E-state index in [0.717, 1.165) is 17.3 Å². The average molecular weight is 268 g/mol. The number of rotatable bonds is 3. The lowest BCUT2D eigenvalue weighted by Crippen LogP contribution is -2.05. The smallest absolute Gasteiger partial charge is 0.136 e. The van der Waals surface area contributed by atoms with Gasteiger partial charge in [0, 0.05) is 17.7 Å². The maximum Gasteiger partial charge on any atom is 0.136 e. The third-order valence-corrected chi connectivity index (χ3v) is 3.65. The van der Waals surface area contributed by atoms with Crippen LogP contribution in [0, 0.1) is 0 Å². The summed E-state index contributed by atoms with van der Waals surface area (Å²) in [5, 5.41) is 3.34. The van der Waals surface area contributed by atoms with Gasteiger partial charge in [-0.25, -0.2) is 9.97 Å². The van der Waals surface area contributed by atoms with E-state index in [2.05, 4.69) is 47.3 Å². The van der Waals surface area contributed by atoms with Crippen molar-refractivity contribution in [1.82, 2.24) is 9.97 Å². The topological polar surface area (TPSA) is 63.8 Å². The molecule has 1 aliphatic rings. The number of nitrogens with one attached hydrogen (secondary N) is 1. The summed E-state index contributed by atoms with van der Waals surface area (Å²) in [6.07, 6.45) is 3.64. The molecule has 0 atom stereocenters. The van der Waals surface area contributed by atoms with Gasteiger partial charge in [-0.1, -0.05) is 19.9 Å². The fourth-order valence-corrected chi connectivity index (χ4v) is 2.61. The van der Waals surface area contributed by atoms with E-state index in [4.69, 9.17) is 5.73 Å². The molecular formula is C16H20N4. The molecule has 0 saturated carbocycles. The zero-order valence-electron chi connectivity index (χ0n) is 12.0. The highest BCUT2D eigenvalue weighted by atomic mass is 15.1. The molecule has 0 bridgehead atoms. The van der Waals surface area contributed by atoms with Crippen molar-refractivity contribution in [3.63, 3.8) is 0 Å². The molecule has 3 rings (SSSR count). The summed E-state index contributed by atoms with van der Waals surface area (Å²) in [6.45, 7) is 4.13. The number of aromatic nitrogens is 2. The second kappa shape index (κ2) is 5.12. The van der Waals surface area contributed by atoms with E-state index in [0.29, 0.717) is 5.82 Å². The molecule has 0 fully saturated rings. The van der Waals surface area contributed by atoms with Gasteiger partial charge in [0.25, 0.3) is 0 Å². The number of anilines is 3. The molecule has 20 heavy (non-hydrogen) atoms. The number of hydrogen-bond acceptors (Lipinski definition) is 4. The largest absolute Gasteiger partial charge is 0.384 e. The molecule has 1 aliphatic carbocycles. The van der Waals surface area contributed by atoms with E-state index in [-0.39, 0.29) is 5.92 Å². The van der Waals surface area contributed by atoms with E-state index < -0.39 is 0 Å². The van der Waals surface area contributed by atoms with E-state index in [1.807, 2.05) is 0 Å². The van der Waals surface area contributed by atoms with Crippen LogP contribution in [-0.4, -0.2) is 9.97 Å². The van der Waals surface area contributed by atoms with Crippen LogP contribution in [0.4, 0.5) is 17.3 Å². The molecule has 104 valence electrons. The van der Waals surface area contributed by atoms with Crippen molar-refractivity contribution < 1.29 is 0 Å². The van der Waals surface area contributed by atoms with E-state index >= 15 is 0 Å². The summed E-state index contributed by atoms with van der Waals surface area (Å²) in [5.74, 6) is 2.30. The van der Waals surface area contributed by atoms with Crippen molar-refractivity contribution in [3.8, 4) is 0 Å². The van der Waals surface area contributed by atoms with Crippen LogP contribution in [0.25, 0.3) is 0 Å². The zero-order valence-corrected chi connectivity index (χ0v) is 12.0. The van der Waals surface area contributed by atoms with Crippen LogP contribution < -0.4 is 11.1 Å². The second-order valence-corrected chi connectivity index (χ2v) is 5.65. The van der Waals surface area contributed by atoms with Gasteiger partial charge in [-0.15, -0.1) is 0 Å². The van der Waals surface area contributed by atoms with Crippen LogP contribution >= 0.6 is 0 Å². The summed E-state index contributed by atoms with van der Waals surface area (Å²) in [5.41, 5.74) is 9.84.